The van der Waals surface area contributed by atoms with Gasteiger partial charge in [-0.05, 0) is 23.8 Å². The van der Waals surface area contributed by atoms with E-state index in [9.17, 15) is 8.42 Å². The summed E-state index contributed by atoms with van der Waals surface area (Å²) in [5, 5.41) is 5.88. The lowest BCUT2D eigenvalue weighted by Gasteiger charge is -2.01. The minimum atomic E-state index is -3.47. The molecular formula is C10H10N2O2S. The number of nitrogens with zero attached hydrogens (tertiary/aromatic N) is 1. The summed E-state index contributed by atoms with van der Waals surface area (Å²) in [5.41, 5.74) is 1.52. The van der Waals surface area contributed by atoms with Crippen molar-refractivity contribution in [3.63, 3.8) is 0 Å². The fourth-order valence-electron chi connectivity index (χ4n) is 1.45. The van der Waals surface area contributed by atoms with Crippen LogP contribution in [0, 0.1) is 0 Å². The molecule has 0 saturated heterocycles. The molecule has 0 aliphatic carbocycles. The average molecular weight is 222 g/mol. The van der Waals surface area contributed by atoms with Gasteiger partial charge in [0, 0.05) is 11.6 Å². The van der Waals surface area contributed by atoms with Gasteiger partial charge in [-0.15, -0.1) is 0 Å². The van der Waals surface area contributed by atoms with E-state index in [1.54, 1.807) is 24.4 Å². The summed E-state index contributed by atoms with van der Waals surface area (Å²) in [6.07, 6.45) is 1.70. The molecule has 15 heavy (non-hydrogen) atoms. The van der Waals surface area contributed by atoms with Crippen molar-refractivity contribution in [2.24, 2.45) is 5.14 Å². The van der Waals surface area contributed by atoms with Crippen LogP contribution in [0.2, 0.25) is 0 Å². The molecular weight excluding hydrogens is 212 g/mol. The molecule has 0 saturated carbocycles. The maximum absolute atomic E-state index is 10.9. The van der Waals surface area contributed by atoms with Crippen LogP contribution in [0.5, 0.6) is 0 Å². The van der Waals surface area contributed by atoms with Gasteiger partial charge in [0.15, 0.2) is 0 Å². The molecule has 0 aliphatic rings. The zero-order valence-corrected chi connectivity index (χ0v) is 8.74. The smallest absolute Gasteiger partial charge is 0.213 e. The Labute approximate surface area is 87.8 Å². The lowest BCUT2D eigenvalue weighted by atomic mass is 10.1. The second-order valence-corrected chi connectivity index (χ2v) is 4.95. The molecule has 0 spiro atoms. The third-order valence-corrected chi connectivity index (χ3v) is 2.77. The van der Waals surface area contributed by atoms with Gasteiger partial charge in [0.05, 0.1) is 11.3 Å². The summed E-state index contributed by atoms with van der Waals surface area (Å²) in [4.78, 5) is 4.14. The maximum Gasteiger partial charge on any atom is 0.213 e. The van der Waals surface area contributed by atoms with Crippen molar-refractivity contribution in [1.82, 2.24) is 4.98 Å². The molecule has 0 radical (unpaired) electrons. The van der Waals surface area contributed by atoms with Gasteiger partial charge < -0.3 is 0 Å². The molecule has 0 bridgehead atoms. The fraction of sp³-hybridized carbons (Fsp3) is 0.100. The zero-order chi connectivity index (χ0) is 10.9. The SMILES string of the molecule is NS(=O)(=O)Cc1ccc2ncccc2c1. The number of hydrogen-bond acceptors (Lipinski definition) is 3. The quantitative estimate of drug-likeness (QED) is 0.824. The number of pyridine rings is 1. The van der Waals surface area contributed by atoms with Crippen LogP contribution in [0.4, 0.5) is 0 Å². The van der Waals surface area contributed by atoms with Gasteiger partial charge >= 0.3 is 0 Å². The molecule has 0 amide bonds. The monoisotopic (exact) mass is 222 g/mol. The van der Waals surface area contributed by atoms with E-state index >= 15 is 0 Å². The molecule has 2 N–H and O–H groups in total. The van der Waals surface area contributed by atoms with E-state index in [2.05, 4.69) is 4.98 Å². The molecule has 0 unspecified atom stereocenters. The van der Waals surface area contributed by atoms with Crippen LogP contribution < -0.4 is 5.14 Å². The van der Waals surface area contributed by atoms with E-state index in [-0.39, 0.29) is 5.75 Å². The minimum Gasteiger partial charge on any atom is -0.256 e. The van der Waals surface area contributed by atoms with Gasteiger partial charge in [0.1, 0.15) is 0 Å². The number of rotatable bonds is 2. The first-order valence-electron chi connectivity index (χ1n) is 4.39. The summed E-state index contributed by atoms with van der Waals surface area (Å²) in [5.74, 6) is -0.141. The summed E-state index contributed by atoms with van der Waals surface area (Å²) in [6.45, 7) is 0. The number of fused-ring (bicyclic) bond motifs is 1. The van der Waals surface area contributed by atoms with Crippen molar-refractivity contribution in [1.29, 1.82) is 0 Å². The van der Waals surface area contributed by atoms with E-state index in [1.165, 1.54) is 0 Å². The van der Waals surface area contributed by atoms with Crippen molar-refractivity contribution < 1.29 is 8.42 Å². The zero-order valence-electron chi connectivity index (χ0n) is 7.92. The molecule has 78 valence electrons. The predicted octanol–water partition coefficient (Wildman–Crippen LogP) is 1.02. The van der Waals surface area contributed by atoms with Gasteiger partial charge in [-0.2, -0.15) is 0 Å². The van der Waals surface area contributed by atoms with Crippen molar-refractivity contribution in [3.8, 4) is 0 Å². The Kier molecular flexibility index (Phi) is 2.42. The highest BCUT2D eigenvalue weighted by Gasteiger charge is 2.05. The Morgan fingerprint density at radius 1 is 1.27 bits per heavy atom. The molecule has 1 aromatic heterocycles. The van der Waals surface area contributed by atoms with Crippen LogP contribution in [0.1, 0.15) is 5.56 Å². The molecule has 2 rings (SSSR count). The lowest BCUT2D eigenvalue weighted by Crippen LogP contribution is -2.14. The lowest BCUT2D eigenvalue weighted by molar-refractivity contribution is 0.597. The average Bonchev–Trinajstić information content (AvgIpc) is 2.15. The van der Waals surface area contributed by atoms with Crippen LogP contribution >= 0.6 is 0 Å². The minimum absolute atomic E-state index is 0.141. The summed E-state index contributed by atoms with van der Waals surface area (Å²) >= 11 is 0. The summed E-state index contributed by atoms with van der Waals surface area (Å²) in [6, 6.07) is 8.99. The van der Waals surface area contributed by atoms with E-state index in [1.807, 2.05) is 12.1 Å². The summed E-state index contributed by atoms with van der Waals surface area (Å²) in [7, 11) is -3.47. The molecule has 2 aromatic rings. The molecule has 0 fully saturated rings. The second kappa shape index (κ2) is 3.60. The van der Waals surface area contributed by atoms with E-state index in [0.29, 0.717) is 5.56 Å². The molecule has 1 heterocycles. The Morgan fingerprint density at radius 3 is 2.80 bits per heavy atom. The van der Waals surface area contributed by atoms with Crippen LogP contribution in [-0.2, 0) is 15.8 Å². The van der Waals surface area contributed by atoms with Crippen LogP contribution in [-0.4, -0.2) is 13.4 Å². The van der Waals surface area contributed by atoms with Gasteiger partial charge in [-0.1, -0.05) is 12.1 Å². The highest BCUT2D eigenvalue weighted by molar-refractivity contribution is 7.88. The van der Waals surface area contributed by atoms with E-state index in [0.717, 1.165) is 10.9 Å². The number of primary sulfonamides is 1. The number of aromatic nitrogens is 1. The highest BCUT2D eigenvalue weighted by atomic mass is 32.2. The molecule has 1 aromatic carbocycles. The molecule has 0 aliphatic heterocycles. The second-order valence-electron chi connectivity index (χ2n) is 3.34. The number of sulfonamides is 1. The molecule has 5 heteroatoms. The number of nitrogens with two attached hydrogens (primary N) is 1. The maximum atomic E-state index is 10.9. The first-order valence-corrected chi connectivity index (χ1v) is 6.10. The predicted molar refractivity (Wildman–Crippen MR) is 58.6 cm³/mol. The van der Waals surface area contributed by atoms with Gasteiger partial charge in [-0.3, -0.25) is 4.98 Å². The highest BCUT2D eigenvalue weighted by Crippen LogP contribution is 2.14. The van der Waals surface area contributed by atoms with Crippen LogP contribution in [0.25, 0.3) is 10.9 Å². The van der Waals surface area contributed by atoms with Crippen molar-refractivity contribution in [2.45, 2.75) is 5.75 Å². The van der Waals surface area contributed by atoms with E-state index in [4.69, 9.17) is 5.14 Å². The van der Waals surface area contributed by atoms with Gasteiger partial charge in [-0.25, -0.2) is 13.6 Å². The third-order valence-electron chi connectivity index (χ3n) is 2.04. The Hall–Kier alpha value is -1.46. The van der Waals surface area contributed by atoms with Crippen LogP contribution in [0.15, 0.2) is 36.5 Å². The Morgan fingerprint density at radius 2 is 2.07 bits per heavy atom. The van der Waals surface area contributed by atoms with Crippen LogP contribution in [0.3, 0.4) is 0 Å². The van der Waals surface area contributed by atoms with Crippen molar-refractivity contribution in [2.75, 3.05) is 0 Å². The van der Waals surface area contributed by atoms with E-state index < -0.39 is 10.0 Å². The summed E-state index contributed by atoms with van der Waals surface area (Å²) < 4.78 is 21.8. The largest absolute Gasteiger partial charge is 0.256 e. The topological polar surface area (TPSA) is 73.1 Å². The Balaban J connectivity index is 2.48. The normalized spacial score (nSPS) is 11.8. The van der Waals surface area contributed by atoms with Gasteiger partial charge in [0.25, 0.3) is 0 Å². The third kappa shape index (κ3) is 2.51. The number of hydrogen-bond donors (Lipinski definition) is 1. The first kappa shape index (κ1) is 10.1. The fourth-order valence-corrected chi connectivity index (χ4v) is 2.09. The number of benzene rings is 1. The first-order chi connectivity index (χ1) is 7.04. The van der Waals surface area contributed by atoms with Crippen molar-refractivity contribution >= 4 is 20.9 Å². The van der Waals surface area contributed by atoms with Crippen molar-refractivity contribution in [3.05, 3.63) is 42.1 Å². The Bertz CT molecular complexity index is 593. The van der Waals surface area contributed by atoms with Gasteiger partial charge in [0.2, 0.25) is 10.0 Å². The molecule has 4 nitrogen and oxygen atoms in total. The molecule has 0 atom stereocenters. The standard InChI is InChI=1S/C10H10N2O2S/c11-15(13,14)7-8-3-4-10-9(6-8)2-1-5-12-10/h1-6H,7H2,(H2,11,13,14).